The van der Waals surface area contributed by atoms with Gasteiger partial charge in [0.25, 0.3) is 11.5 Å². The molecule has 1 aliphatic heterocycles. The normalized spacial score (nSPS) is 14.0. The van der Waals surface area contributed by atoms with Crippen molar-refractivity contribution in [2.24, 2.45) is 0 Å². The van der Waals surface area contributed by atoms with Gasteiger partial charge in [-0.1, -0.05) is 18.2 Å². The zero-order valence-electron chi connectivity index (χ0n) is 17.6. The minimum Gasteiger partial charge on any atom is -0.455 e. The lowest BCUT2D eigenvalue weighted by atomic mass is 10.2. The molecule has 1 N–H and O–H groups in total. The van der Waals surface area contributed by atoms with Crippen LogP contribution in [0.1, 0.15) is 28.8 Å². The van der Waals surface area contributed by atoms with Crippen LogP contribution in [0.3, 0.4) is 0 Å². The lowest BCUT2D eigenvalue weighted by Crippen LogP contribution is -2.34. The smallest absolute Gasteiger partial charge is 0.319 e. The second-order valence-corrected chi connectivity index (χ2v) is 9.99. The molecule has 162 valence electrons. The summed E-state index contributed by atoms with van der Waals surface area (Å²) in [4.78, 5) is 48.0. The lowest BCUT2D eigenvalue weighted by Gasteiger charge is -2.18. The first-order valence-corrected chi connectivity index (χ1v) is 11.9. The third-order valence-corrected chi connectivity index (χ3v) is 7.65. The molecule has 31 heavy (non-hydrogen) atoms. The van der Waals surface area contributed by atoms with E-state index < -0.39 is 11.2 Å². The van der Waals surface area contributed by atoms with Gasteiger partial charge in [0, 0.05) is 17.1 Å². The second kappa shape index (κ2) is 8.84. The molecule has 9 heteroatoms. The summed E-state index contributed by atoms with van der Waals surface area (Å²) < 4.78 is 5.25. The molecule has 0 saturated carbocycles. The summed E-state index contributed by atoms with van der Waals surface area (Å²) in [6.07, 6.45) is 0.806. The Morgan fingerprint density at radius 1 is 1.32 bits per heavy atom. The van der Waals surface area contributed by atoms with Gasteiger partial charge >= 0.3 is 5.97 Å². The minimum absolute atomic E-state index is 0.158. The number of carbonyl (C=O) groups excluding carboxylic acids is 2. The van der Waals surface area contributed by atoms with E-state index in [4.69, 9.17) is 4.74 Å². The van der Waals surface area contributed by atoms with Gasteiger partial charge in [-0.3, -0.25) is 14.4 Å². The molecule has 1 aliphatic rings. The first-order chi connectivity index (χ1) is 14.8. The van der Waals surface area contributed by atoms with Gasteiger partial charge in [0.1, 0.15) is 15.9 Å². The van der Waals surface area contributed by atoms with Gasteiger partial charge in [-0.05, 0) is 44.4 Å². The molecule has 0 unspecified atom stereocenters. The number of anilines is 1. The number of nitrogens with one attached hydrogen (secondary N) is 1. The number of ether oxygens (including phenoxy) is 1. The van der Waals surface area contributed by atoms with Gasteiger partial charge in [0.15, 0.2) is 6.61 Å². The number of thioether (sulfide) groups is 1. The van der Waals surface area contributed by atoms with Crippen LogP contribution in [0.25, 0.3) is 10.2 Å². The zero-order chi connectivity index (χ0) is 22.1. The summed E-state index contributed by atoms with van der Waals surface area (Å²) in [5.74, 6) is 0.200. The number of esters is 1. The molecule has 1 aromatic carbocycles. The molecule has 0 fully saturated rings. The molecule has 0 spiro atoms. The van der Waals surface area contributed by atoms with Gasteiger partial charge in [-0.15, -0.1) is 23.1 Å². The number of hydrogen-bond acceptors (Lipinski definition) is 7. The number of benzene rings is 1. The van der Waals surface area contributed by atoms with Crippen molar-refractivity contribution in [2.45, 2.75) is 38.2 Å². The largest absolute Gasteiger partial charge is 0.455 e. The molecule has 7 nitrogen and oxygen atoms in total. The molecule has 0 aliphatic carbocycles. The van der Waals surface area contributed by atoms with Gasteiger partial charge in [0.2, 0.25) is 0 Å². The number of nitrogens with zero attached hydrogens (tertiary/aromatic N) is 2. The van der Waals surface area contributed by atoms with Gasteiger partial charge in [0.05, 0.1) is 11.1 Å². The van der Waals surface area contributed by atoms with Crippen molar-refractivity contribution >= 4 is 50.9 Å². The number of rotatable bonds is 6. The molecule has 2 aromatic heterocycles. The second-order valence-electron chi connectivity index (χ2n) is 7.46. The average molecular weight is 458 g/mol. The topological polar surface area (TPSA) is 92.4 Å². The lowest BCUT2D eigenvalue weighted by molar-refractivity contribution is -0.146. The van der Waals surface area contributed by atoms with Crippen LogP contribution in [0.15, 0.2) is 29.1 Å². The third-order valence-electron chi connectivity index (χ3n) is 5.42. The van der Waals surface area contributed by atoms with Crippen molar-refractivity contribution in [3.8, 4) is 0 Å². The summed E-state index contributed by atoms with van der Waals surface area (Å²) in [7, 11) is 0. The molecule has 0 radical (unpaired) electrons. The van der Waals surface area contributed by atoms with E-state index in [1.807, 2.05) is 38.1 Å². The van der Waals surface area contributed by atoms with Crippen molar-refractivity contribution in [3.63, 3.8) is 0 Å². The van der Waals surface area contributed by atoms with Crippen LogP contribution in [0, 0.1) is 13.8 Å². The number of carbonyl (C=O) groups is 2. The number of hydrogen-bond donors (Lipinski definition) is 1. The molecular weight excluding hydrogens is 434 g/mol. The predicted octanol–water partition coefficient (Wildman–Crippen LogP) is 3.36. The van der Waals surface area contributed by atoms with Crippen molar-refractivity contribution < 1.29 is 14.3 Å². The Balaban J connectivity index is 1.32. The highest BCUT2D eigenvalue weighted by molar-refractivity contribution is 7.99. The third kappa shape index (κ3) is 4.38. The number of fused-ring (bicyclic) bond motifs is 2. The molecular formula is C22H23N3O4S2. The Kier molecular flexibility index (Phi) is 6.15. The summed E-state index contributed by atoms with van der Waals surface area (Å²) in [6.45, 7) is 5.92. The van der Waals surface area contributed by atoms with Crippen molar-refractivity contribution in [1.29, 1.82) is 0 Å². The number of H-pyrrole nitrogens is 1. The number of amides is 1. The number of aromatic amines is 1. The monoisotopic (exact) mass is 457 g/mol. The fraction of sp³-hybridized carbons (Fsp3) is 0.364. The summed E-state index contributed by atoms with van der Waals surface area (Å²) >= 11 is 2.80. The van der Waals surface area contributed by atoms with Crippen molar-refractivity contribution in [2.75, 3.05) is 18.1 Å². The van der Waals surface area contributed by atoms with E-state index in [1.54, 1.807) is 11.8 Å². The molecule has 3 heterocycles. The van der Waals surface area contributed by atoms with E-state index in [2.05, 4.69) is 9.97 Å². The molecule has 1 atom stereocenters. The Hall–Kier alpha value is -2.65. The highest BCUT2D eigenvalue weighted by Gasteiger charge is 2.26. The SMILES string of the molecule is Cc1sc2nc(CS[C@@H](C)C(=O)OCC(=O)N3CCc4ccccc43)[nH]c(=O)c2c1C. The summed E-state index contributed by atoms with van der Waals surface area (Å²) in [5, 5.41) is 0.136. The maximum atomic E-state index is 12.5. The Labute approximate surface area is 187 Å². The average Bonchev–Trinajstić information content (AvgIpc) is 3.31. The van der Waals surface area contributed by atoms with Gasteiger partial charge in [-0.2, -0.15) is 0 Å². The van der Waals surface area contributed by atoms with Crippen LogP contribution in [0.2, 0.25) is 0 Å². The van der Waals surface area contributed by atoms with Crippen LogP contribution in [-0.2, 0) is 26.5 Å². The van der Waals surface area contributed by atoms with E-state index >= 15 is 0 Å². The first-order valence-electron chi connectivity index (χ1n) is 10.0. The van der Waals surface area contributed by atoms with Crippen molar-refractivity contribution in [1.82, 2.24) is 9.97 Å². The van der Waals surface area contributed by atoms with E-state index in [0.29, 0.717) is 28.3 Å². The highest BCUT2D eigenvalue weighted by atomic mass is 32.2. The standard InChI is InChI=1S/C22H23N3O4S2/c1-12-13(2)31-21-19(12)20(27)23-17(24-21)11-30-14(3)22(28)29-10-18(26)25-9-8-15-6-4-5-7-16(15)25/h4-7,14H,8-11H2,1-3H3,(H,23,24,27)/t14-/m0/s1. The van der Waals surface area contributed by atoms with Gasteiger partial charge < -0.3 is 14.6 Å². The van der Waals surface area contributed by atoms with Crippen LogP contribution < -0.4 is 10.5 Å². The number of aromatic nitrogens is 2. The zero-order valence-corrected chi connectivity index (χ0v) is 19.2. The molecule has 0 saturated heterocycles. The highest BCUT2D eigenvalue weighted by Crippen LogP contribution is 2.28. The Morgan fingerprint density at radius 2 is 2.10 bits per heavy atom. The predicted molar refractivity (Wildman–Crippen MR) is 124 cm³/mol. The van der Waals surface area contributed by atoms with Crippen molar-refractivity contribution in [3.05, 3.63) is 56.4 Å². The number of para-hydroxylation sites is 1. The fourth-order valence-electron chi connectivity index (χ4n) is 3.57. The van der Waals surface area contributed by atoms with E-state index in [-0.39, 0.29) is 18.1 Å². The first kappa shape index (κ1) is 21.6. The Bertz CT molecular complexity index is 1220. The van der Waals surface area contributed by atoms with E-state index in [0.717, 1.165) is 28.1 Å². The number of thiophene rings is 1. The maximum Gasteiger partial charge on any atom is 0.319 e. The van der Waals surface area contributed by atoms with E-state index in [9.17, 15) is 14.4 Å². The van der Waals surface area contributed by atoms with Crippen LogP contribution in [0.5, 0.6) is 0 Å². The minimum atomic E-state index is -0.494. The Morgan fingerprint density at radius 3 is 2.90 bits per heavy atom. The summed E-state index contributed by atoms with van der Waals surface area (Å²) in [5.41, 5.74) is 2.81. The van der Waals surface area contributed by atoms with Gasteiger partial charge in [-0.25, -0.2) is 4.98 Å². The molecule has 1 amide bonds. The van der Waals surface area contributed by atoms with E-state index in [1.165, 1.54) is 23.1 Å². The number of aryl methyl sites for hydroxylation is 2. The van der Waals surface area contributed by atoms with Crippen LogP contribution >= 0.6 is 23.1 Å². The molecule has 0 bridgehead atoms. The van der Waals surface area contributed by atoms with Crippen LogP contribution in [-0.4, -0.2) is 40.2 Å². The molecule has 4 rings (SSSR count). The van der Waals surface area contributed by atoms with Crippen LogP contribution in [0.4, 0.5) is 5.69 Å². The fourth-order valence-corrected chi connectivity index (χ4v) is 5.36. The maximum absolute atomic E-state index is 12.5. The summed E-state index contributed by atoms with van der Waals surface area (Å²) in [6, 6.07) is 7.75. The quantitative estimate of drug-likeness (QED) is 0.571. The molecule has 3 aromatic rings.